The van der Waals surface area contributed by atoms with Gasteiger partial charge in [0.2, 0.25) is 0 Å². The van der Waals surface area contributed by atoms with Gasteiger partial charge in [-0.15, -0.1) is 4.91 Å². The molecule has 0 bridgehead atoms. The third-order valence-electron chi connectivity index (χ3n) is 0. The SMILES string of the molecule is [C]=O.[N]=O. The summed E-state index contributed by atoms with van der Waals surface area (Å²) in [6.45, 7) is 4.50. The van der Waals surface area contributed by atoms with Gasteiger partial charge in [0.1, 0.15) is 5.59 Å². The van der Waals surface area contributed by atoms with Crippen molar-refractivity contribution in [3.05, 3.63) is 4.91 Å². The van der Waals surface area contributed by atoms with E-state index in [0.29, 0.717) is 0 Å². The van der Waals surface area contributed by atoms with Crippen LogP contribution in [0.3, 0.4) is 0 Å². The van der Waals surface area contributed by atoms with Gasteiger partial charge >= 0.3 is 0 Å². The lowest BCUT2D eigenvalue weighted by Crippen LogP contribution is -0.976. The van der Waals surface area contributed by atoms with Crippen molar-refractivity contribution >= 4 is 6.79 Å². The summed E-state index contributed by atoms with van der Waals surface area (Å²) >= 11 is 0. The zero-order valence-corrected chi connectivity index (χ0v) is 1.76. The smallest absolute Gasteiger partial charge is 0.281 e. The summed E-state index contributed by atoms with van der Waals surface area (Å²) in [7, 11) is 0. The Morgan fingerprint density at radius 2 is 1.25 bits per heavy atom. The van der Waals surface area contributed by atoms with Gasteiger partial charge in [-0.05, 0) is 0 Å². The Morgan fingerprint density at radius 3 is 1.25 bits per heavy atom. The standard InChI is InChI=1S/CO.NO/c2*1-2. The first-order chi connectivity index (χ1) is 2.00. The normalized spacial score (nSPS) is 2.00. The second-order valence-electron chi connectivity index (χ2n) is 0. The van der Waals surface area contributed by atoms with Gasteiger partial charge in [-0.3, -0.25) is 4.79 Å². The van der Waals surface area contributed by atoms with Crippen LogP contribution >= 0.6 is 0 Å². The number of nitrogens with zero attached hydrogens (tertiary/aromatic N) is 1. The molecule has 0 saturated carbocycles. The van der Waals surface area contributed by atoms with Crippen molar-refractivity contribution in [3.63, 3.8) is 0 Å². The summed E-state index contributed by atoms with van der Waals surface area (Å²) in [4.78, 5) is 14.8. The highest BCUT2D eigenvalue weighted by atomic mass is 16.2. The van der Waals surface area contributed by atoms with Gasteiger partial charge in [0.05, 0.1) is 0 Å². The van der Waals surface area contributed by atoms with Crippen LogP contribution in [0.15, 0.2) is 0 Å². The molecule has 0 heterocycles. The van der Waals surface area contributed by atoms with E-state index in [-0.39, 0.29) is 0 Å². The number of rotatable bonds is 0. The van der Waals surface area contributed by atoms with E-state index in [1.165, 1.54) is 0 Å². The van der Waals surface area contributed by atoms with Crippen LogP contribution in [-0.2, 0) is 4.79 Å². The maximum absolute atomic E-state index is 7.50. The molecule has 3 heteroatoms. The van der Waals surface area contributed by atoms with E-state index in [0.717, 1.165) is 0 Å². The van der Waals surface area contributed by atoms with Crippen LogP contribution in [0.25, 0.3) is 0 Å². The van der Waals surface area contributed by atoms with E-state index in [1.807, 2.05) is 0 Å². The zero-order chi connectivity index (χ0) is 4.00. The monoisotopic (exact) mass is 58.0 g/mol. The Kier molecular flexibility index (Phi) is 17.9. The summed E-state index contributed by atoms with van der Waals surface area (Å²) in [5.41, 5.74) is 5.75. The molecule has 0 spiro atoms. The quantitative estimate of drug-likeness (QED) is 0.364. The largest absolute Gasteiger partial charge is 0.281 e. The molecule has 3 nitrogen and oxygen atoms in total. The van der Waals surface area contributed by atoms with Crippen molar-refractivity contribution in [3.8, 4) is 0 Å². The second kappa shape index (κ2) is 6.87. The van der Waals surface area contributed by atoms with E-state index in [2.05, 4.69) is 6.79 Å². The second-order valence-corrected chi connectivity index (χ2v) is 0. The van der Waals surface area contributed by atoms with Gasteiger partial charge in [0.15, 0.2) is 0 Å². The van der Waals surface area contributed by atoms with Crippen molar-refractivity contribution in [2.75, 3.05) is 0 Å². The molecule has 4 heavy (non-hydrogen) atoms. The maximum Gasteiger partial charge on any atom is 0.281 e. The molecule has 21 valence electrons. The molecule has 0 fully saturated rings. The molecule has 0 N–H and O–H groups in total. The Labute approximate surface area is 23.4 Å². The van der Waals surface area contributed by atoms with Crippen LogP contribution in [0.5, 0.6) is 0 Å². The Balaban J connectivity index is 0. The summed E-state index contributed by atoms with van der Waals surface area (Å²) in [5.74, 6) is 0. The molecule has 0 rings (SSSR count). The number of nitroso groups, excluding NO2 is 1. The van der Waals surface area contributed by atoms with Crippen LogP contribution in [0.4, 0.5) is 0 Å². The highest BCUT2D eigenvalue weighted by Crippen LogP contribution is 0.529. The minimum Gasteiger partial charge on any atom is -0.281 e. The van der Waals surface area contributed by atoms with Gasteiger partial charge in [0, 0.05) is 0 Å². The lowest BCUT2D eigenvalue weighted by Gasteiger charge is -0.761. The molecular formula is CNO2. The topological polar surface area (TPSA) is 56.4 Å². The van der Waals surface area contributed by atoms with Gasteiger partial charge in [-0.25, -0.2) is 0 Å². The summed E-state index contributed by atoms with van der Waals surface area (Å²) in [6.07, 6.45) is 0. The minimum atomic E-state index is 4.50. The predicted molar refractivity (Wildman–Crippen MR) is 11.2 cm³/mol. The van der Waals surface area contributed by atoms with E-state index < -0.39 is 0 Å². The lowest BCUT2D eigenvalue weighted by atomic mass is 11.9. The van der Waals surface area contributed by atoms with Crippen LogP contribution in [0.2, 0.25) is 0 Å². The predicted octanol–water partition coefficient (Wildman–Crippen LogP) is -0.844. The highest BCUT2D eigenvalue weighted by molar-refractivity contribution is 5.12. The lowest BCUT2D eigenvalue weighted by molar-refractivity contribution is 0.574. The molecule has 0 aromatic rings. The van der Waals surface area contributed by atoms with Gasteiger partial charge in [-0.1, -0.05) is 0 Å². The fraction of sp³-hybridized carbons (Fsp3) is 0. The third-order valence-corrected chi connectivity index (χ3v) is 0. The number of hydrogen-bond donors (Lipinski definition) is 0. The Morgan fingerprint density at radius 1 is 1.25 bits per heavy atom. The summed E-state index contributed by atoms with van der Waals surface area (Å²) in [6, 6.07) is 0. The third kappa shape index (κ3) is 0.174. The Bertz CT molecular complexity index is 8.00. The van der Waals surface area contributed by atoms with Crippen molar-refractivity contribution in [1.82, 2.24) is 5.59 Å². The van der Waals surface area contributed by atoms with Crippen LogP contribution in [-0.4, -0.2) is 6.79 Å². The van der Waals surface area contributed by atoms with Crippen LogP contribution in [0, 0.1) is 4.91 Å². The molecule has 0 aromatic heterocycles. The highest BCUT2D eigenvalue weighted by Gasteiger charge is 0.761. The molecule has 0 amide bonds. The van der Waals surface area contributed by atoms with Crippen molar-refractivity contribution in [1.29, 1.82) is 0 Å². The molecule has 0 saturated heterocycles. The van der Waals surface area contributed by atoms with Crippen LogP contribution in [0.1, 0.15) is 0 Å². The molecular weight excluding hydrogens is 58.0 g/mol. The first-order valence-corrected chi connectivity index (χ1v) is 0.387. The van der Waals surface area contributed by atoms with Gasteiger partial charge < -0.3 is 0 Å². The zero-order valence-electron chi connectivity index (χ0n) is 1.76. The van der Waals surface area contributed by atoms with E-state index in [4.69, 9.17) is 15.3 Å². The summed E-state index contributed by atoms with van der Waals surface area (Å²) in [5, 5.41) is 0. The maximum atomic E-state index is 7.50. The fourth-order valence-electron chi connectivity index (χ4n) is 0. The molecule has 0 aliphatic carbocycles. The average Bonchev–Trinajstić information content (AvgIpc) is 1.50. The van der Waals surface area contributed by atoms with Gasteiger partial charge in [0.25, 0.3) is 6.79 Å². The molecule has 3 radical (unpaired) electrons. The first kappa shape index (κ1) is 10.4. The number of carbonyl (C=O) groups excluding carboxylic acids is 1. The van der Waals surface area contributed by atoms with Crippen LogP contribution < -0.4 is 5.59 Å². The first-order valence-electron chi connectivity index (χ1n) is 0.387. The summed E-state index contributed by atoms with van der Waals surface area (Å²) < 4.78 is 0. The fourth-order valence-corrected chi connectivity index (χ4v) is 0. The van der Waals surface area contributed by atoms with E-state index in [9.17, 15) is 0 Å². The average molecular weight is 58.0 g/mol. The van der Waals surface area contributed by atoms with E-state index in [1.54, 1.807) is 0 Å². The van der Waals surface area contributed by atoms with Crippen molar-refractivity contribution in [2.45, 2.75) is 0 Å². The van der Waals surface area contributed by atoms with E-state index >= 15 is 0 Å². The van der Waals surface area contributed by atoms with Crippen molar-refractivity contribution < 1.29 is 4.79 Å². The molecule has 0 aliphatic rings. The number of hydrogen-bond acceptors (Lipinski definition) is 2. The minimum absolute atomic E-state index is 4.50. The molecule has 0 aliphatic heterocycles. The van der Waals surface area contributed by atoms with Gasteiger partial charge in [-0.2, -0.15) is 0 Å². The molecule has 0 aromatic carbocycles. The molecule has 0 unspecified atom stereocenters. The molecule has 0 atom stereocenters. The Hall–Kier alpha value is -0.730. The van der Waals surface area contributed by atoms with Crippen molar-refractivity contribution in [2.24, 2.45) is 0 Å².